The van der Waals surface area contributed by atoms with Crippen LogP contribution < -0.4 is 5.73 Å². The van der Waals surface area contributed by atoms with Crippen molar-refractivity contribution in [2.24, 2.45) is 28.4 Å². The van der Waals surface area contributed by atoms with E-state index in [0.29, 0.717) is 12.8 Å². The molecule has 1 saturated heterocycles. The SMILES string of the molecule is CCCC1O[C@@H]2C[C@H]3[C@@H]4C[C@H](F)C5=CC(O)C=C[C@]5(C)[C@@]4(F)[C@@H](O)C[C@]3(C)[C@]2(C(=O)CN)O1. The van der Waals surface area contributed by atoms with E-state index in [4.69, 9.17) is 15.2 Å². The third-order valence-corrected chi connectivity index (χ3v) is 9.64. The second-order valence-corrected chi connectivity index (χ2v) is 11.1. The Bertz CT molecular complexity index is 911. The fourth-order valence-corrected chi connectivity index (χ4v) is 8.16. The number of hydrogen-bond donors (Lipinski definition) is 3. The first-order valence-corrected chi connectivity index (χ1v) is 12.2. The van der Waals surface area contributed by atoms with Crippen LogP contribution in [-0.4, -0.2) is 64.6 Å². The summed E-state index contributed by atoms with van der Waals surface area (Å²) in [5, 5.41) is 21.5. The minimum Gasteiger partial charge on any atom is -0.390 e. The highest BCUT2D eigenvalue weighted by atomic mass is 19.1. The van der Waals surface area contributed by atoms with Crippen molar-refractivity contribution in [2.75, 3.05) is 6.54 Å². The van der Waals surface area contributed by atoms with Crippen molar-refractivity contribution in [3.05, 3.63) is 23.8 Å². The topological polar surface area (TPSA) is 102 Å². The molecule has 33 heavy (non-hydrogen) atoms. The predicted molar refractivity (Wildman–Crippen MR) is 116 cm³/mol. The number of aliphatic hydroxyl groups excluding tert-OH is 2. The molecule has 0 aromatic rings. The minimum atomic E-state index is -2.16. The van der Waals surface area contributed by atoms with Gasteiger partial charge in [-0.15, -0.1) is 0 Å². The normalized spacial score (nSPS) is 54.8. The third kappa shape index (κ3) is 2.67. The van der Waals surface area contributed by atoms with Gasteiger partial charge in [0.15, 0.2) is 23.3 Å². The molecule has 1 aliphatic heterocycles. The molecule has 1 heterocycles. The first-order chi connectivity index (χ1) is 15.5. The number of halogens is 2. The van der Waals surface area contributed by atoms with Gasteiger partial charge in [-0.2, -0.15) is 0 Å². The van der Waals surface area contributed by atoms with Crippen molar-refractivity contribution in [1.29, 1.82) is 0 Å². The van der Waals surface area contributed by atoms with Gasteiger partial charge < -0.3 is 25.4 Å². The van der Waals surface area contributed by atoms with Gasteiger partial charge in [0.05, 0.1) is 24.9 Å². The quantitative estimate of drug-likeness (QED) is 0.549. The fourth-order valence-electron chi connectivity index (χ4n) is 8.16. The van der Waals surface area contributed by atoms with Crippen molar-refractivity contribution >= 4 is 5.78 Å². The minimum absolute atomic E-state index is 0.0225. The summed E-state index contributed by atoms with van der Waals surface area (Å²) in [7, 11) is 0. The number of fused-ring (bicyclic) bond motifs is 7. The number of ketones is 1. The lowest BCUT2D eigenvalue weighted by atomic mass is 9.44. The lowest BCUT2D eigenvalue weighted by molar-refractivity contribution is -0.234. The molecule has 0 aromatic heterocycles. The van der Waals surface area contributed by atoms with Crippen molar-refractivity contribution < 1.29 is 33.3 Å². The number of Topliss-reactive ketones (excluding diaryl/α,β-unsaturated/α-hetero) is 1. The predicted octanol–water partition coefficient (Wildman–Crippen LogP) is 2.52. The van der Waals surface area contributed by atoms with E-state index < -0.39 is 64.7 Å². The lowest BCUT2D eigenvalue weighted by Gasteiger charge is -2.63. The lowest BCUT2D eigenvalue weighted by Crippen LogP contribution is -2.71. The number of alkyl halides is 2. The van der Waals surface area contributed by atoms with Crippen LogP contribution in [-0.2, 0) is 14.3 Å². The highest BCUT2D eigenvalue weighted by Gasteiger charge is 2.79. The second kappa shape index (κ2) is 7.40. The Kier molecular flexibility index (Phi) is 5.28. The van der Waals surface area contributed by atoms with Crippen LogP contribution in [0.5, 0.6) is 0 Å². The van der Waals surface area contributed by atoms with Crippen LogP contribution in [0.25, 0.3) is 0 Å². The van der Waals surface area contributed by atoms with Gasteiger partial charge >= 0.3 is 0 Å². The van der Waals surface area contributed by atoms with Crippen molar-refractivity contribution in [3.8, 4) is 0 Å². The molecule has 0 aromatic carbocycles. The van der Waals surface area contributed by atoms with Crippen molar-refractivity contribution in [2.45, 2.75) is 94.9 Å². The molecule has 11 atom stereocenters. The number of aliphatic hydroxyl groups is 2. The van der Waals surface area contributed by atoms with Crippen molar-refractivity contribution in [3.63, 3.8) is 0 Å². The molecule has 184 valence electrons. The molecule has 6 nitrogen and oxygen atoms in total. The van der Waals surface area contributed by atoms with Gasteiger partial charge in [0.1, 0.15) is 6.17 Å². The summed E-state index contributed by atoms with van der Waals surface area (Å²) in [6.45, 7) is 5.20. The van der Waals surface area contributed by atoms with Crippen LogP contribution in [0.1, 0.15) is 52.9 Å². The van der Waals surface area contributed by atoms with E-state index in [1.54, 1.807) is 6.92 Å². The number of allylic oxidation sites excluding steroid dienone is 2. The van der Waals surface area contributed by atoms with Gasteiger partial charge in [0.2, 0.25) is 0 Å². The van der Waals surface area contributed by atoms with Crippen LogP contribution in [0, 0.1) is 22.7 Å². The molecule has 5 rings (SSSR count). The van der Waals surface area contributed by atoms with Crippen LogP contribution in [0.2, 0.25) is 0 Å². The van der Waals surface area contributed by atoms with Gasteiger partial charge in [-0.05, 0) is 50.2 Å². The van der Waals surface area contributed by atoms with Gasteiger partial charge in [-0.3, -0.25) is 4.79 Å². The summed E-state index contributed by atoms with van der Waals surface area (Å²) in [4.78, 5) is 13.3. The highest BCUT2D eigenvalue weighted by Crippen LogP contribution is 2.72. The van der Waals surface area contributed by atoms with Gasteiger partial charge in [0, 0.05) is 16.7 Å². The first-order valence-electron chi connectivity index (χ1n) is 12.2. The van der Waals surface area contributed by atoms with Crippen LogP contribution in [0.15, 0.2) is 23.8 Å². The molecule has 3 saturated carbocycles. The van der Waals surface area contributed by atoms with E-state index >= 15 is 8.78 Å². The molecule has 4 fully saturated rings. The molecule has 4 aliphatic carbocycles. The summed E-state index contributed by atoms with van der Waals surface area (Å²) < 4.78 is 45.3. The summed E-state index contributed by atoms with van der Waals surface area (Å²) in [5.74, 6) is -1.60. The number of ether oxygens (including phenoxy) is 2. The van der Waals surface area contributed by atoms with Crippen LogP contribution in [0.3, 0.4) is 0 Å². The van der Waals surface area contributed by atoms with Crippen molar-refractivity contribution in [1.82, 2.24) is 0 Å². The molecule has 0 radical (unpaired) electrons. The summed E-state index contributed by atoms with van der Waals surface area (Å²) in [5.41, 5.74) is 0.111. The Hall–Kier alpha value is -1.19. The second-order valence-electron chi connectivity index (χ2n) is 11.1. The summed E-state index contributed by atoms with van der Waals surface area (Å²) in [6.07, 6.45) is 0.869. The maximum atomic E-state index is 17.2. The molecular formula is C25H35F2NO5. The Labute approximate surface area is 193 Å². The fraction of sp³-hybridized carbons (Fsp3) is 0.800. The van der Waals surface area contributed by atoms with E-state index in [2.05, 4.69) is 0 Å². The van der Waals surface area contributed by atoms with Gasteiger partial charge in [-0.1, -0.05) is 32.4 Å². The van der Waals surface area contributed by atoms with Crippen LogP contribution in [0.4, 0.5) is 8.78 Å². The standard InChI is InChI=1S/C25H35F2NO5/c1-4-5-21-32-20-10-14-15-9-17(26)16-8-13(29)6-7-22(16,2)24(15,27)18(30)11-23(14,3)25(20,33-21)19(31)12-28/h6-8,13-15,17-18,20-21,29-30H,4-5,9-12,28H2,1-3H3/t13?,14-,15-,17-,18-,20+,21?,22-,23-,24-,25+/m0/s1. The largest absolute Gasteiger partial charge is 0.390 e. The van der Waals surface area contributed by atoms with E-state index in [9.17, 15) is 15.0 Å². The molecule has 0 spiro atoms. The number of hydrogen-bond acceptors (Lipinski definition) is 6. The number of nitrogens with two attached hydrogens (primary N) is 1. The summed E-state index contributed by atoms with van der Waals surface area (Å²) in [6, 6.07) is 0. The van der Waals surface area contributed by atoms with E-state index in [0.717, 1.165) is 6.42 Å². The highest BCUT2D eigenvalue weighted by molar-refractivity contribution is 5.91. The molecule has 2 unspecified atom stereocenters. The number of carbonyl (C=O) groups excluding carboxylic acids is 1. The molecule has 0 amide bonds. The maximum absolute atomic E-state index is 17.2. The maximum Gasteiger partial charge on any atom is 0.181 e. The smallest absolute Gasteiger partial charge is 0.181 e. The Morgan fingerprint density at radius 1 is 1.27 bits per heavy atom. The average Bonchev–Trinajstić information content (AvgIpc) is 3.24. The number of carbonyl (C=O) groups is 1. The molecule has 0 bridgehead atoms. The average molecular weight is 468 g/mol. The molecule has 5 aliphatic rings. The monoisotopic (exact) mass is 467 g/mol. The Balaban J connectivity index is 1.61. The Morgan fingerprint density at radius 2 is 2.00 bits per heavy atom. The van der Waals surface area contributed by atoms with Gasteiger partial charge in [0.25, 0.3) is 0 Å². The number of rotatable bonds is 4. The van der Waals surface area contributed by atoms with Gasteiger partial charge in [-0.25, -0.2) is 8.78 Å². The zero-order valence-corrected chi connectivity index (χ0v) is 19.5. The van der Waals surface area contributed by atoms with Crippen LogP contribution >= 0.6 is 0 Å². The summed E-state index contributed by atoms with van der Waals surface area (Å²) >= 11 is 0. The zero-order chi connectivity index (χ0) is 24.0. The third-order valence-electron chi connectivity index (χ3n) is 9.64. The zero-order valence-electron chi connectivity index (χ0n) is 19.5. The van der Waals surface area contributed by atoms with E-state index in [-0.39, 0.29) is 30.7 Å². The van der Waals surface area contributed by atoms with E-state index in [1.807, 2.05) is 13.8 Å². The first kappa shape index (κ1) is 23.5. The molecular weight excluding hydrogens is 432 g/mol. The van der Waals surface area contributed by atoms with E-state index in [1.165, 1.54) is 18.2 Å². The molecule has 4 N–H and O–H groups in total. The molecule has 8 heteroatoms. The Morgan fingerprint density at radius 3 is 2.67 bits per heavy atom.